The van der Waals surface area contributed by atoms with Crippen LogP contribution in [0.4, 0.5) is 0 Å². The van der Waals surface area contributed by atoms with Gasteiger partial charge in [-0.25, -0.2) is 0 Å². The van der Waals surface area contributed by atoms with Gasteiger partial charge in [-0.05, 0) is 18.2 Å². The van der Waals surface area contributed by atoms with E-state index in [1.807, 2.05) is 0 Å². The highest BCUT2D eigenvalue weighted by Crippen LogP contribution is 2.50. The Morgan fingerprint density at radius 3 is 2.54 bits per heavy atom. The fourth-order valence-corrected chi connectivity index (χ4v) is 3.87. The number of rotatable bonds is 0. The van der Waals surface area contributed by atoms with E-state index in [1.165, 1.54) is 0 Å². The molecule has 0 aromatic heterocycles. The maximum atomic E-state index is 12.9. The quantitative estimate of drug-likeness (QED) is 0.734. The summed E-state index contributed by atoms with van der Waals surface area (Å²) in [5.41, 5.74) is 2.03. The van der Waals surface area contributed by atoms with Gasteiger partial charge in [-0.1, -0.05) is 35.9 Å². The van der Waals surface area contributed by atoms with E-state index in [9.17, 15) is 9.59 Å². The normalized spacial score (nSPS) is 23.7. The van der Waals surface area contributed by atoms with Gasteiger partial charge in [-0.15, -0.1) is 0 Å². The highest BCUT2D eigenvalue weighted by atomic mass is 35.5. The third-order valence-electron chi connectivity index (χ3n) is 4.79. The lowest BCUT2D eigenvalue weighted by Crippen LogP contribution is -2.28. The Kier molecular flexibility index (Phi) is 2.71. The molecule has 2 aliphatic heterocycles. The Morgan fingerprint density at radius 1 is 1.00 bits per heavy atom. The first kappa shape index (κ1) is 13.8. The predicted octanol–water partition coefficient (Wildman–Crippen LogP) is 3.75. The smallest absolute Gasteiger partial charge is 0.228 e. The third kappa shape index (κ3) is 1.69. The number of benzene rings is 2. The number of ketones is 2. The van der Waals surface area contributed by atoms with E-state index in [0.29, 0.717) is 34.1 Å². The molecule has 0 unspecified atom stereocenters. The van der Waals surface area contributed by atoms with Crippen molar-refractivity contribution in [1.82, 2.24) is 0 Å². The summed E-state index contributed by atoms with van der Waals surface area (Å²) in [5, 5.41) is 0.562. The maximum absolute atomic E-state index is 12.9. The monoisotopic (exact) mass is 338 g/mol. The molecule has 2 aromatic rings. The Hall–Kier alpha value is -2.59. The van der Waals surface area contributed by atoms with Crippen molar-refractivity contribution >= 4 is 23.2 Å². The number of halogens is 1. The Bertz CT molecular complexity index is 960. The molecule has 0 radical (unpaired) electrons. The van der Waals surface area contributed by atoms with Crippen molar-refractivity contribution in [1.29, 1.82) is 0 Å². The fraction of sp³-hybridized carbons (Fsp3) is 0.158. The average molecular weight is 339 g/mol. The minimum atomic E-state index is -0.417. The van der Waals surface area contributed by atoms with E-state index in [4.69, 9.17) is 21.1 Å². The van der Waals surface area contributed by atoms with Gasteiger partial charge in [0.25, 0.3) is 0 Å². The third-order valence-corrected chi connectivity index (χ3v) is 5.02. The van der Waals surface area contributed by atoms with Crippen molar-refractivity contribution in [2.75, 3.05) is 6.61 Å². The predicted molar refractivity (Wildman–Crippen MR) is 86.4 cm³/mol. The number of carbonyl (C=O) groups excluding carboxylic acids is 2. The molecule has 0 bridgehead atoms. The largest absolute Gasteiger partial charge is 0.492 e. The van der Waals surface area contributed by atoms with E-state index >= 15 is 0 Å². The molecular formula is C19H11ClO4. The van der Waals surface area contributed by atoms with Crippen LogP contribution in [0, 0.1) is 5.92 Å². The Morgan fingerprint density at radius 2 is 1.75 bits per heavy atom. The van der Waals surface area contributed by atoms with Gasteiger partial charge in [0.05, 0.1) is 18.1 Å². The average Bonchev–Trinajstić information content (AvgIpc) is 3.00. The topological polar surface area (TPSA) is 52.6 Å². The summed E-state index contributed by atoms with van der Waals surface area (Å²) < 4.78 is 11.7. The summed E-state index contributed by atoms with van der Waals surface area (Å²) in [6, 6.07) is 12.1. The van der Waals surface area contributed by atoms with E-state index in [1.54, 1.807) is 42.5 Å². The van der Waals surface area contributed by atoms with Crippen molar-refractivity contribution in [3.8, 4) is 5.75 Å². The number of allylic oxidation sites excluding steroid dienone is 1. The second-order valence-electron chi connectivity index (χ2n) is 6.08. The SMILES string of the molecule is O=C1C2=C(C(=O)c3ccccc31)[C@H]1COc3ccc(Cl)cc3[C@H]1O2. The van der Waals surface area contributed by atoms with Gasteiger partial charge in [-0.3, -0.25) is 9.59 Å². The van der Waals surface area contributed by atoms with Crippen LogP contribution in [0.5, 0.6) is 5.75 Å². The van der Waals surface area contributed by atoms with Crippen molar-refractivity contribution in [3.63, 3.8) is 0 Å². The van der Waals surface area contributed by atoms with Crippen LogP contribution in [0.15, 0.2) is 53.8 Å². The molecular weight excluding hydrogens is 328 g/mol. The first-order valence-corrected chi connectivity index (χ1v) is 8.04. The van der Waals surface area contributed by atoms with Crippen molar-refractivity contribution in [2.24, 2.45) is 5.92 Å². The molecule has 0 saturated heterocycles. The fourth-order valence-electron chi connectivity index (χ4n) is 3.69. The molecule has 3 aliphatic rings. The first-order valence-electron chi connectivity index (χ1n) is 7.66. The van der Waals surface area contributed by atoms with Crippen LogP contribution in [-0.4, -0.2) is 18.2 Å². The van der Waals surface area contributed by atoms with Crippen LogP contribution in [-0.2, 0) is 4.74 Å². The van der Waals surface area contributed by atoms with Crippen LogP contribution in [0.3, 0.4) is 0 Å². The number of carbonyl (C=O) groups is 2. The van der Waals surface area contributed by atoms with Gasteiger partial charge in [0, 0.05) is 21.7 Å². The van der Waals surface area contributed by atoms with Crippen molar-refractivity contribution in [3.05, 3.63) is 75.5 Å². The first-order chi connectivity index (χ1) is 11.6. The van der Waals surface area contributed by atoms with Gasteiger partial charge in [-0.2, -0.15) is 0 Å². The van der Waals surface area contributed by atoms with Gasteiger partial charge in [0.2, 0.25) is 5.78 Å². The highest BCUT2D eigenvalue weighted by molar-refractivity contribution is 6.30. The highest BCUT2D eigenvalue weighted by Gasteiger charge is 2.49. The van der Waals surface area contributed by atoms with Gasteiger partial charge >= 0.3 is 0 Å². The number of Topliss-reactive ketones (excluding diaryl/α,β-unsaturated/α-hetero) is 2. The number of hydrogen-bond acceptors (Lipinski definition) is 4. The summed E-state index contributed by atoms with van der Waals surface area (Å²) in [6.45, 7) is 0.305. The van der Waals surface area contributed by atoms with Crippen LogP contribution >= 0.6 is 11.6 Å². The summed E-state index contributed by atoms with van der Waals surface area (Å²) in [6.07, 6.45) is -0.417. The molecule has 0 spiro atoms. The zero-order valence-corrected chi connectivity index (χ0v) is 13.2. The van der Waals surface area contributed by atoms with Gasteiger partial charge in [0.1, 0.15) is 11.9 Å². The molecule has 4 nitrogen and oxygen atoms in total. The molecule has 2 heterocycles. The van der Waals surface area contributed by atoms with Crippen LogP contribution in [0.25, 0.3) is 0 Å². The Labute approximate surface area is 142 Å². The number of hydrogen-bond donors (Lipinski definition) is 0. The second kappa shape index (κ2) is 4.71. The standard InChI is InChI=1S/C19H11ClO4/c20-9-5-6-14-12(7-9)18-13(8-23-14)15-16(21)10-3-1-2-4-11(10)17(22)19(15)24-18/h1-7,13,18H,8H2/t13-,18-/m1/s1. The zero-order chi connectivity index (χ0) is 16.4. The van der Waals surface area contributed by atoms with E-state index in [2.05, 4.69) is 0 Å². The lowest BCUT2D eigenvalue weighted by Gasteiger charge is -2.28. The summed E-state index contributed by atoms with van der Waals surface area (Å²) in [7, 11) is 0. The minimum absolute atomic E-state index is 0.151. The van der Waals surface area contributed by atoms with E-state index in [0.717, 1.165) is 5.56 Å². The van der Waals surface area contributed by atoms with Crippen LogP contribution in [0.2, 0.25) is 5.02 Å². The number of ether oxygens (including phenoxy) is 2. The molecule has 0 fully saturated rings. The molecule has 0 saturated carbocycles. The molecule has 2 aromatic carbocycles. The van der Waals surface area contributed by atoms with E-state index < -0.39 is 6.10 Å². The van der Waals surface area contributed by atoms with Crippen LogP contribution in [0.1, 0.15) is 32.4 Å². The molecule has 2 atom stereocenters. The summed E-state index contributed by atoms with van der Waals surface area (Å²) in [5.74, 6) is 0.152. The van der Waals surface area contributed by atoms with Gasteiger partial charge < -0.3 is 9.47 Å². The Balaban J connectivity index is 1.65. The summed E-state index contributed by atoms with van der Waals surface area (Å²) >= 11 is 6.09. The molecule has 5 rings (SSSR count). The van der Waals surface area contributed by atoms with Crippen molar-refractivity contribution in [2.45, 2.75) is 6.10 Å². The summed E-state index contributed by atoms with van der Waals surface area (Å²) in [4.78, 5) is 25.7. The van der Waals surface area contributed by atoms with Crippen molar-refractivity contribution < 1.29 is 19.1 Å². The second-order valence-corrected chi connectivity index (χ2v) is 6.52. The maximum Gasteiger partial charge on any atom is 0.228 e. The minimum Gasteiger partial charge on any atom is -0.492 e. The molecule has 24 heavy (non-hydrogen) atoms. The molecule has 118 valence electrons. The molecule has 1 aliphatic carbocycles. The van der Waals surface area contributed by atoms with Gasteiger partial charge in [0.15, 0.2) is 11.5 Å². The lowest BCUT2D eigenvalue weighted by atomic mass is 9.80. The van der Waals surface area contributed by atoms with Crippen LogP contribution < -0.4 is 4.74 Å². The number of fused-ring (bicyclic) bond motifs is 5. The molecule has 5 heteroatoms. The molecule has 0 N–H and O–H groups in total. The molecule has 0 amide bonds. The lowest BCUT2D eigenvalue weighted by molar-refractivity contribution is 0.0592. The zero-order valence-electron chi connectivity index (χ0n) is 12.4. The van der Waals surface area contributed by atoms with E-state index in [-0.39, 0.29) is 23.2 Å².